The van der Waals surface area contributed by atoms with Crippen LogP contribution in [-0.4, -0.2) is 34.5 Å². The summed E-state index contributed by atoms with van der Waals surface area (Å²) in [5.41, 5.74) is 0.574. The number of amides is 2. The standard InChI is InChI=1S/C17H24FN5O2/c1-17(2,3)23-15(21-11-22-23)10-20-16(24)19-9-14(25-4)12-5-7-13(18)8-6-12/h5-8,11,14H,9-10H2,1-4H3,(H2,19,20,24)/t14-/m1/s1. The minimum absolute atomic E-state index is 0.215. The summed E-state index contributed by atoms with van der Waals surface area (Å²) >= 11 is 0. The molecule has 0 radical (unpaired) electrons. The number of hydrogen-bond acceptors (Lipinski definition) is 4. The van der Waals surface area contributed by atoms with Crippen molar-refractivity contribution >= 4 is 6.03 Å². The highest BCUT2D eigenvalue weighted by Crippen LogP contribution is 2.16. The number of aromatic nitrogens is 3. The Balaban J connectivity index is 1.86. The maximum atomic E-state index is 13.0. The molecule has 0 aliphatic rings. The molecule has 2 rings (SSSR count). The summed E-state index contributed by atoms with van der Waals surface area (Å²) in [5, 5.41) is 9.67. The topological polar surface area (TPSA) is 81.1 Å². The highest BCUT2D eigenvalue weighted by atomic mass is 19.1. The predicted molar refractivity (Wildman–Crippen MR) is 91.4 cm³/mol. The largest absolute Gasteiger partial charge is 0.375 e. The summed E-state index contributed by atoms with van der Waals surface area (Å²) in [6.45, 7) is 6.56. The average Bonchev–Trinajstić information content (AvgIpc) is 3.04. The van der Waals surface area contributed by atoms with Crippen LogP contribution in [0.5, 0.6) is 0 Å². The first-order chi connectivity index (χ1) is 11.8. The molecule has 1 aromatic carbocycles. The van der Waals surface area contributed by atoms with Gasteiger partial charge in [0.1, 0.15) is 18.0 Å². The summed E-state index contributed by atoms with van der Waals surface area (Å²) in [7, 11) is 1.54. The maximum Gasteiger partial charge on any atom is 0.315 e. The molecule has 1 aromatic heterocycles. The van der Waals surface area contributed by atoms with E-state index in [2.05, 4.69) is 20.7 Å². The van der Waals surface area contributed by atoms with Gasteiger partial charge >= 0.3 is 6.03 Å². The fraction of sp³-hybridized carbons (Fsp3) is 0.471. The fourth-order valence-corrected chi connectivity index (χ4v) is 2.37. The summed E-state index contributed by atoms with van der Waals surface area (Å²) in [5.74, 6) is 0.358. The number of rotatable bonds is 6. The molecule has 0 unspecified atom stereocenters. The van der Waals surface area contributed by atoms with E-state index in [1.54, 1.807) is 23.9 Å². The number of urea groups is 1. The molecule has 1 atom stereocenters. The monoisotopic (exact) mass is 349 g/mol. The van der Waals surface area contributed by atoms with Crippen LogP contribution in [0.4, 0.5) is 9.18 Å². The number of carbonyl (C=O) groups excluding carboxylic acids is 1. The number of nitrogens with one attached hydrogen (secondary N) is 2. The third-order valence-electron chi connectivity index (χ3n) is 3.64. The second-order valence-corrected chi connectivity index (χ2v) is 6.60. The molecular formula is C17H24FN5O2. The van der Waals surface area contributed by atoms with E-state index in [1.807, 2.05) is 20.8 Å². The van der Waals surface area contributed by atoms with Gasteiger partial charge in [0.25, 0.3) is 0 Å². The van der Waals surface area contributed by atoms with Gasteiger partial charge in [-0.2, -0.15) is 5.10 Å². The molecule has 2 N–H and O–H groups in total. The lowest BCUT2D eigenvalue weighted by molar-refractivity contribution is 0.104. The molecule has 25 heavy (non-hydrogen) atoms. The molecule has 2 amide bonds. The molecule has 136 valence electrons. The van der Waals surface area contributed by atoms with Crippen molar-refractivity contribution in [3.63, 3.8) is 0 Å². The SMILES string of the molecule is CO[C@H](CNC(=O)NCc1ncnn1C(C)(C)C)c1ccc(F)cc1. The normalized spacial score (nSPS) is 12.7. The second-order valence-electron chi connectivity index (χ2n) is 6.60. The van der Waals surface area contributed by atoms with E-state index in [-0.39, 0.29) is 36.6 Å². The first-order valence-electron chi connectivity index (χ1n) is 8.00. The summed E-state index contributed by atoms with van der Waals surface area (Å²) in [6, 6.07) is 5.65. The lowest BCUT2D eigenvalue weighted by Gasteiger charge is -2.21. The molecule has 0 aliphatic carbocycles. The van der Waals surface area contributed by atoms with E-state index in [1.165, 1.54) is 18.5 Å². The van der Waals surface area contributed by atoms with Crippen LogP contribution in [-0.2, 0) is 16.8 Å². The third kappa shape index (κ3) is 5.25. The third-order valence-corrected chi connectivity index (χ3v) is 3.64. The Labute approximate surface area is 146 Å². The van der Waals surface area contributed by atoms with Crippen molar-refractivity contribution in [3.8, 4) is 0 Å². The molecule has 1 heterocycles. The Morgan fingerprint density at radius 1 is 1.28 bits per heavy atom. The lowest BCUT2D eigenvalue weighted by Crippen LogP contribution is -2.39. The zero-order valence-electron chi connectivity index (χ0n) is 14.9. The van der Waals surface area contributed by atoms with E-state index in [9.17, 15) is 9.18 Å². The highest BCUT2D eigenvalue weighted by Gasteiger charge is 2.19. The molecule has 0 aliphatic heterocycles. The summed E-state index contributed by atoms with van der Waals surface area (Å²) in [6.07, 6.45) is 1.11. The first-order valence-corrected chi connectivity index (χ1v) is 8.00. The Kier molecular flexibility index (Phi) is 6.08. The number of methoxy groups -OCH3 is 1. The van der Waals surface area contributed by atoms with Crippen LogP contribution < -0.4 is 10.6 Å². The maximum absolute atomic E-state index is 13.0. The quantitative estimate of drug-likeness (QED) is 0.839. The fourth-order valence-electron chi connectivity index (χ4n) is 2.37. The molecule has 0 fully saturated rings. The zero-order chi connectivity index (χ0) is 18.4. The number of halogens is 1. The van der Waals surface area contributed by atoms with Crippen molar-refractivity contribution < 1.29 is 13.9 Å². The average molecular weight is 349 g/mol. The van der Waals surface area contributed by atoms with Crippen LogP contribution in [0.1, 0.15) is 38.3 Å². The van der Waals surface area contributed by atoms with Gasteiger partial charge in [0.15, 0.2) is 0 Å². The second kappa shape index (κ2) is 8.06. The van der Waals surface area contributed by atoms with Crippen LogP contribution >= 0.6 is 0 Å². The van der Waals surface area contributed by atoms with Gasteiger partial charge in [0.2, 0.25) is 0 Å². The highest BCUT2D eigenvalue weighted by molar-refractivity contribution is 5.73. The Bertz CT molecular complexity index is 694. The van der Waals surface area contributed by atoms with Gasteiger partial charge in [-0.05, 0) is 38.5 Å². The van der Waals surface area contributed by atoms with Crippen molar-refractivity contribution in [2.45, 2.75) is 39.0 Å². The van der Waals surface area contributed by atoms with Crippen molar-refractivity contribution in [1.82, 2.24) is 25.4 Å². The van der Waals surface area contributed by atoms with Gasteiger partial charge in [0, 0.05) is 13.7 Å². The van der Waals surface area contributed by atoms with Gasteiger partial charge in [-0.1, -0.05) is 12.1 Å². The molecule has 2 aromatic rings. The van der Waals surface area contributed by atoms with E-state index in [0.29, 0.717) is 5.82 Å². The Morgan fingerprint density at radius 3 is 2.56 bits per heavy atom. The van der Waals surface area contributed by atoms with Crippen LogP contribution in [0, 0.1) is 5.82 Å². The molecule has 0 saturated heterocycles. The smallest absolute Gasteiger partial charge is 0.315 e. The zero-order valence-corrected chi connectivity index (χ0v) is 14.9. The van der Waals surface area contributed by atoms with Gasteiger partial charge in [-0.3, -0.25) is 0 Å². The predicted octanol–water partition coefficient (Wildman–Crippen LogP) is 2.36. The van der Waals surface area contributed by atoms with Gasteiger partial charge in [-0.25, -0.2) is 18.9 Å². The lowest BCUT2D eigenvalue weighted by atomic mass is 10.1. The number of benzene rings is 1. The molecule has 0 saturated carbocycles. The Morgan fingerprint density at radius 2 is 1.96 bits per heavy atom. The molecule has 0 bridgehead atoms. The molecule has 8 heteroatoms. The van der Waals surface area contributed by atoms with Crippen LogP contribution in [0.25, 0.3) is 0 Å². The molecule has 0 spiro atoms. The van der Waals surface area contributed by atoms with E-state index in [0.717, 1.165) is 5.56 Å². The number of nitrogens with zero attached hydrogens (tertiary/aromatic N) is 3. The van der Waals surface area contributed by atoms with Gasteiger partial charge in [0.05, 0.1) is 18.2 Å². The van der Waals surface area contributed by atoms with Crippen molar-refractivity contribution in [1.29, 1.82) is 0 Å². The van der Waals surface area contributed by atoms with Crippen LogP contribution in [0.2, 0.25) is 0 Å². The van der Waals surface area contributed by atoms with Gasteiger partial charge in [-0.15, -0.1) is 0 Å². The summed E-state index contributed by atoms with van der Waals surface area (Å²) < 4.78 is 20.1. The minimum Gasteiger partial charge on any atom is -0.375 e. The van der Waals surface area contributed by atoms with Crippen molar-refractivity contribution in [3.05, 3.63) is 47.8 Å². The molecule has 7 nitrogen and oxygen atoms in total. The Hall–Kier alpha value is -2.48. The van der Waals surface area contributed by atoms with E-state index >= 15 is 0 Å². The number of carbonyl (C=O) groups is 1. The minimum atomic E-state index is -0.357. The van der Waals surface area contributed by atoms with E-state index < -0.39 is 0 Å². The van der Waals surface area contributed by atoms with E-state index in [4.69, 9.17) is 4.74 Å². The van der Waals surface area contributed by atoms with Gasteiger partial charge < -0.3 is 15.4 Å². The summed E-state index contributed by atoms with van der Waals surface area (Å²) in [4.78, 5) is 16.2. The van der Waals surface area contributed by atoms with Crippen molar-refractivity contribution in [2.24, 2.45) is 0 Å². The van der Waals surface area contributed by atoms with Crippen molar-refractivity contribution in [2.75, 3.05) is 13.7 Å². The number of ether oxygens (including phenoxy) is 1. The van der Waals surface area contributed by atoms with Crippen LogP contribution in [0.3, 0.4) is 0 Å². The first kappa shape index (κ1) is 18.9. The van der Waals surface area contributed by atoms with Crippen LogP contribution in [0.15, 0.2) is 30.6 Å². The molecular weight excluding hydrogens is 325 g/mol. The number of hydrogen-bond donors (Lipinski definition) is 2.